The van der Waals surface area contributed by atoms with Gasteiger partial charge < -0.3 is 4.90 Å². The standard InChI is InChI=1S/C12H19FN2/c1-9(2)7-10(3)15(4)11-5-6-14-12(13)8-11/h5-6,8-10H,7H2,1-4H3. The van der Waals surface area contributed by atoms with E-state index in [-0.39, 0.29) is 0 Å². The van der Waals surface area contributed by atoms with Crippen LogP contribution in [0.15, 0.2) is 18.3 Å². The molecule has 2 nitrogen and oxygen atoms in total. The van der Waals surface area contributed by atoms with Crippen LogP contribution in [-0.2, 0) is 0 Å². The lowest BCUT2D eigenvalue weighted by atomic mass is 10.0. The van der Waals surface area contributed by atoms with Gasteiger partial charge in [0.25, 0.3) is 0 Å². The molecular formula is C12H19FN2. The Morgan fingerprint density at radius 2 is 2.07 bits per heavy atom. The molecule has 1 atom stereocenters. The summed E-state index contributed by atoms with van der Waals surface area (Å²) in [5.41, 5.74) is 0.885. The van der Waals surface area contributed by atoms with Crippen molar-refractivity contribution in [1.82, 2.24) is 4.98 Å². The van der Waals surface area contributed by atoms with Crippen LogP contribution in [0.1, 0.15) is 27.2 Å². The molecule has 1 rings (SSSR count). The SMILES string of the molecule is CC(C)CC(C)N(C)c1ccnc(F)c1. The van der Waals surface area contributed by atoms with E-state index in [0.29, 0.717) is 12.0 Å². The van der Waals surface area contributed by atoms with Crippen LogP contribution >= 0.6 is 0 Å². The van der Waals surface area contributed by atoms with E-state index in [2.05, 4.69) is 30.7 Å². The zero-order valence-corrected chi connectivity index (χ0v) is 9.87. The van der Waals surface area contributed by atoms with Crippen molar-refractivity contribution < 1.29 is 4.39 Å². The van der Waals surface area contributed by atoms with Crippen molar-refractivity contribution in [2.75, 3.05) is 11.9 Å². The fourth-order valence-corrected chi connectivity index (χ4v) is 1.71. The highest BCUT2D eigenvalue weighted by atomic mass is 19.1. The molecule has 0 fully saturated rings. The molecule has 0 N–H and O–H groups in total. The maximum absolute atomic E-state index is 12.9. The van der Waals surface area contributed by atoms with E-state index < -0.39 is 5.95 Å². The molecule has 0 spiro atoms. The molecule has 3 heteroatoms. The quantitative estimate of drug-likeness (QED) is 0.710. The van der Waals surface area contributed by atoms with E-state index in [4.69, 9.17) is 0 Å². The van der Waals surface area contributed by atoms with Crippen molar-refractivity contribution in [3.8, 4) is 0 Å². The summed E-state index contributed by atoms with van der Waals surface area (Å²) >= 11 is 0. The molecule has 1 unspecified atom stereocenters. The number of rotatable bonds is 4. The van der Waals surface area contributed by atoms with Crippen molar-refractivity contribution in [2.45, 2.75) is 33.2 Å². The van der Waals surface area contributed by atoms with E-state index in [9.17, 15) is 4.39 Å². The molecular weight excluding hydrogens is 191 g/mol. The number of aromatic nitrogens is 1. The minimum atomic E-state index is -0.420. The summed E-state index contributed by atoms with van der Waals surface area (Å²) in [5, 5.41) is 0. The van der Waals surface area contributed by atoms with Crippen LogP contribution in [0.4, 0.5) is 10.1 Å². The second-order valence-electron chi connectivity index (χ2n) is 4.43. The molecule has 1 aromatic heterocycles. The molecule has 0 saturated carbocycles. The van der Waals surface area contributed by atoms with Gasteiger partial charge in [-0.15, -0.1) is 0 Å². The number of anilines is 1. The number of hydrogen-bond acceptors (Lipinski definition) is 2. The first-order chi connectivity index (χ1) is 7.00. The van der Waals surface area contributed by atoms with Crippen molar-refractivity contribution in [3.63, 3.8) is 0 Å². The largest absolute Gasteiger partial charge is 0.372 e. The minimum Gasteiger partial charge on any atom is -0.372 e. The maximum Gasteiger partial charge on any atom is 0.214 e. The van der Waals surface area contributed by atoms with Gasteiger partial charge in [0.15, 0.2) is 0 Å². The molecule has 0 bridgehead atoms. The van der Waals surface area contributed by atoms with Crippen molar-refractivity contribution >= 4 is 5.69 Å². The number of hydrogen-bond donors (Lipinski definition) is 0. The Morgan fingerprint density at radius 3 is 2.60 bits per heavy atom. The summed E-state index contributed by atoms with van der Waals surface area (Å²) in [6.45, 7) is 6.53. The fraction of sp³-hybridized carbons (Fsp3) is 0.583. The normalized spacial score (nSPS) is 12.9. The predicted molar refractivity (Wildman–Crippen MR) is 61.5 cm³/mol. The molecule has 0 aliphatic carbocycles. The topological polar surface area (TPSA) is 16.1 Å². The van der Waals surface area contributed by atoms with Gasteiger partial charge in [-0.3, -0.25) is 0 Å². The third-order valence-electron chi connectivity index (χ3n) is 2.59. The second-order valence-corrected chi connectivity index (χ2v) is 4.43. The molecule has 84 valence electrons. The van der Waals surface area contributed by atoms with Crippen LogP contribution in [0.2, 0.25) is 0 Å². The monoisotopic (exact) mass is 210 g/mol. The first-order valence-corrected chi connectivity index (χ1v) is 5.35. The Labute approximate surface area is 91.1 Å². The average Bonchev–Trinajstić information content (AvgIpc) is 2.15. The van der Waals surface area contributed by atoms with E-state index in [1.807, 2.05) is 13.1 Å². The number of halogens is 1. The smallest absolute Gasteiger partial charge is 0.214 e. The zero-order valence-electron chi connectivity index (χ0n) is 9.87. The molecule has 0 amide bonds. The Morgan fingerprint density at radius 1 is 1.40 bits per heavy atom. The highest BCUT2D eigenvalue weighted by Crippen LogP contribution is 2.18. The van der Waals surface area contributed by atoms with E-state index >= 15 is 0 Å². The minimum absolute atomic E-state index is 0.409. The van der Waals surface area contributed by atoms with Crippen LogP contribution in [-0.4, -0.2) is 18.1 Å². The summed E-state index contributed by atoms with van der Waals surface area (Å²) in [6, 6.07) is 3.71. The van der Waals surface area contributed by atoms with Crippen LogP contribution in [0.3, 0.4) is 0 Å². The first kappa shape index (κ1) is 12.0. The predicted octanol–water partition coefficient (Wildman–Crippen LogP) is 3.09. The molecule has 0 aliphatic heterocycles. The zero-order chi connectivity index (χ0) is 11.4. The van der Waals surface area contributed by atoms with Gasteiger partial charge in [0.05, 0.1) is 0 Å². The van der Waals surface area contributed by atoms with Gasteiger partial charge in [-0.05, 0) is 25.3 Å². The Balaban J connectivity index is 2.71. The van der Waals surface area contributed by atoms with Crippen LogP contribution in [0, 0.1) is 11.9 Å². The van der Waals surface area contributed by atoms with Crippen molar-refractivity contribution in [1.29, 1.82) is 0 Å². The third-order valence-corrected chi connectivity index (χ3v) is 2.59. The first-order valence-electron chi connectivity index (χ1n) is 5.35. The number of nitrogens with zero attached hydrogens (tertiary/aromatic N) is 2. The second kappa shape index (κ2) is 5.10. The van der Waals surface area contributed by atoms with Gasteiger partial charge in [0, 0.05) is 31.0 Å². The van der Waals surface area contributed by atoms with Gasteiger partial charge in [-0.25, -0.2) is 4.98 Å². The van der Waals surface area contributed by atoms with Crippen molar-refractivity contribution in [3.05, 3.63) is 24.3 Å². The Kier molecular flexibility index (Phi) is 4.06. The van der Waals surface area contributed by atoms with Crippen LogP contribution in [0.5, 0.6) is 0 Å². The lowest BCUT2D eigenvalue weighted by Gasteiger charge is -2.28. The Hall–Kier alpha value is -1.12. The van der Waals surface area contributed by atoms with Crippen LogP contribution < -0.4 is 4.90 Å². The van der Waals surface area contributed by atoms with Gasteiger partial charge >= 0.3 is 0 Å². The maximum atomic E-state index is 12.9. The third kappa shape index (κ3) is 3.50. The molecule has 1 heterocycles. The summed E-state index contributed by atoms with van der Waals surface area (Å²) in [7, 11) is 1.99. The molecule has 0 aliphatic rings. The highest BCUT2D eigenvalue weighted by molar-refractivity contribution is 5.44. The van der Waals surface area contributed by atoms with E-state index in [1.165, 1.54) is 12.3 Å². The van der Waals surface area contributed by atoms with Gasteiger partial charge in [-0.2, -0.15) is 4.39 Å². The van der Waals surface area contributed by atoms with Crippen LogP contribution in [0.25, 0.3) is 0 Å². The number of pyridine rings is 1. The molecule has 1 aromatic rings. The molecule has 0 saturated heterocycles. The van der Waals surface area contributed by atoms with Crippen molar-refractivity contribution in [2.24, 2.45) is 5.92 Å². The van der Waals surface area contributed by atoms with Gasteiger partial charge in [0.2, 0.25) is 5.95 Å². The fourth-order valence-electron chi connectivity index (χ4n) is 1.71. The lowest BCUT2D eigenvalue weighted by Crippen LogP contribution is -2.30. The lowest BCUT2D eigenvalue weighted by molar-refractivity contribution is 0.502. The average molecular weight is 210 g/mol. The molecule has 0 radical (unpaired) electrons. The summed E-state index contributed by atoms with van der Waals surface area (Å²) < 4.78 is 12.9. The summed E-state index contributed by atoms with van der Waals surface area (Å²) in [5.74, 6) is 0.227. The van der Waals surface area contributed by atoms with E-state index in [0.717, 1.165) is 12.1 Å². The highest BCUT2D eigenvalue weighted by Gasteiger charge is 2.12. The molecule has 15 heavy (non-hydrogen) atoms. The summed E-state index contributed by atoms with van der Waals surface area (Å²) in [6.07, 6.45) is 2.60. The Bertz CT molecular complexity index is 312. The van der Waals surface area contributed by atoms with Gasteiger partial charge in [-0.1, -0.05) is 13.8 Å². The van der Waals surface area contributed by atoms with E-state index in [1.54, 1.807) is 0 Å². The summed E-state index contributed by atoms with van der Waals surface area (Å²) in [4.78, 5) is 5.64. The molecule has 0 aromatic carbocycles. The van der Waals surface area contributed by atoms with Gasteiger partial charge in [0.1, 0.15) is 0 Å².